The smallest absolute Gasteiger partial charge is 0.174 e. The molecular weight excluding hydrogens is 328 g/mol. The van der Waals surface area contributed by atoms with Crippen LogP contribution >= 0.6 is 12.2 Å². The number of hydrogen-bond donors (Lipinski definition) is 2. The highest BCUT2D eigenvalue weighted by Crippen LogP contribution is 2.42. The maximum Gasteiger partial charge on any atom is 0.174 e. The van der Waals surface area contributed by atoms with E-state index in [0.717, 1.165) is 27.9 Å². The van der Waals surface area contributed by atoms with Crippen LogP contribution in [0.4, 0.5) is 5.69 Å². The first kappa shape index (κ1) is 15.8. The molecule has 3 heterocycles. The predicted molar refractivity (Wildman–Crippen MR) is 105 cm³/mol. The number of thiocarbonyl (C=S) groups is 1. The number of para-hydroxylation sites is 1. The molecule has 126 valence electrons. The fourth-order valence-corrected chi connectivity index (χ4v) is 3.94. The van der Waals surface area contributed by atoms with E-state index in [1.54, 1.807) is 0 Å². The number of aromatic nitrogens is 2. The summed E-state index contributed by atoms with van der Waals surface area (Å²) in [6.45, 7) is 4.20. The molecule has 1 fully saturated rings. The van der Waals surface area contributed by atoms with Gasteiger partial charge in [-0.25, -0.2) is 0 Å². The van der Waals surface area contributed by atoms with Crippen molar-refractivity contribution < 1.29 is 0 Å². The van der Waals surface area contributed by atoms with Gasteiger partial charge in [0.05, 0.1) is 17.8 Å². The van der Waals surface area contributed by atoms with Crippen LogP contribution in [0.15, 0.2) is 60.8 Å². The zero-order valence-electron chi connectivity index (χ0n) is 14.2. The minimum absolute atomic E-state index is 0.00260. The standard InChI is InChI=1S/C20H20N4S/c1-13-12-16(14(2)22-13)19-18(17-10-6-7-11-21-17)23-20(25)24(19)15-8-4-3-5-9-15/h3-12,18-19,22H,1-2H3,(H,23,25)/t18-,19+/m0/s1. The molecule has 0 saturated carbocycles. The van der Waals surface area contributed by atoms with Crippen LogP contribution in [0.5, 0.6) is 0 Å². The molecule has 0 bridgehead atoms. The number of benzene rings is 1. The van der Waals surface area contributed by atoms with Gasteiger partial charge in [0.15, 0.2) is 5.11 Å². The number of hydrogen-bond acceptors (Lipinski definition) is 2. The van der Waals surface area contributed by atoms with Crippen LogP contribution in [0, 0.1) is 13.8 Å². The van der Waals surface area contributed by atoms with Crippen molar-refractivity contribution in [3.8, 4) is 0 Å². The average Bonchev–Trinajstić information content (AvgIpc) is 3.15. The minimum atomic E-state index is 0.00260. The molecule has 4 nitrogen and oxygen atoms in total. The first-order valence-electron chi connectivity index (χ1n) is 8.37. The largest absolute Gasteiger partial charge is 0.362 e. The van der Waals surface area contributed by atoms with Gasteiger partial charge >= 0.3 is 0 Å². The molecule has 1 aliphatic rings. The summed E-state index contributed by atoms with van der Waals surface area (Å²) in [7, 11) is 0. The summed E-state index contributed by atoms with van der Waals surface area (Å²) in [5.74, 6) is 0. The van der Waals surface area contributed by atoms with E-state index in [0.29, 0.717) is 0 Å². The van der Waals surface area contributed by atoms with Gasteiger partial charge in [0.2, 0.25) is 0 Å². The highest BCUT2D eigenvalue weighted by atomic mass is 32.1. The van der Waals surface area contributed by atoms with Gasteiger partial charge in [-0.1, -0.05) is 24.3 Å². The van der Waals surface area contributed by atoms with Crippen molar-refractivity contribution in [2.24, 2.45) is 0 Å². The van der Waals surface area contributed by atoms with E-state index in [4.69, 9.17) is 12.2 Å². The van der Waals surface area contributed by atoms with Crippen molar-refractivity contribution in [1.82, 2.24) is 15.3 Å². The number of aromatic amines is 1. The molecule has 1 aliphatic heterocycles. The maximum absolute atomic E-state index is 5.70. The molecule has 2 atom stereocenters. The third-order valence-corrected chi connectivity index (χ3v) is 4.96. The van der Waals surface area contributed by atoms with E-state index in [2.05, 4.69) is 58.3 Å². The van der Waals surface area contributed by atoms with Gasteiger partial charge in [-0.2, -0.15) is 0 Å². The lowest BCUT2D eigenvalue weighted by molar-refractivity contribution is 0.566. The molecule has 25 heavy (non-hydrogen) atoms. The minimum Gasteiger partial charge on any atom is -0.362 e. The molecule has 0 aliphatic carbocycles. The number of rotatable bonds is 3. The fourth-order valence-electron chi connectivity index (χ4n) is 3.59. The summed E-state index contributed by atoms with van der Waals surface area (Å²) in [5, 5.41) is 4.21. The number of aryl methyl sites for hydroxylation is 2. The van der Waals surface area contributed by atoms with Crippen molar-refractivity contribution in [3.63, 3.8) is 0 Å². The summed E-state index contributed by atoms with van der Waals surface area (Å²) in [4.78, 5) is 10.2. The molecule has 5 heteroatoms. The summed E-state index contributed by atoms with van der Waals surface area (Å²) >= 11 is 5.70. The third-order valence-electron chi connectivity index (χ3n) is 4.64. The number of H-pyrrole nitrogens is 1. The Hall–Kier alpha value is -2.66. The SMILES string of the molecule is Cc1cc([C@@H]2[C@H](c3ccccn3)NC(=S)N2c2ccccc2)c(C)[nH]1. The van der Waals surface area contributed by atoms with Gasteiger partial charge in [-0.15, -0.1) is 0 Å². The van der Waals surface area contributed by atoms with E-state index in [9.17, 15) is 0 Å². The average molecular weight is 348 g/mol. The quantitative estimate of drug-likeness (QED) is 0.696. The van der Waals surface area contributed by atoms with E-state index >= 15 is 0 Å². The Morgan fingerprint density at radius 3 is 2.44 bits per heavy atom. The van der Waals surface area contributed by atoms with E-state index in [-0.39, 0.29) is 12.1 Å². The zero-order valence-corrected chi connectivity index (χ0v) is 15.0. The van der Waals surface area contributed by atoms with E-state index in [1.165, 1.54) is 5.56 Å². The normalized spacial score (nSPS) is 19.9. The number of nitrogens with one attached hydrogen (secondary N) is 2. The molecule has 0 amide bonds. The molecule has 2 aromatic heterocycles. The van der Waals surface area contributed by atoms with Crippen LogP contribution in [0.1, 0.15) is 34.7 Å². The molecule has 0 unspecified atom stereocenters. The molecule has 0 radical (unpaired) electrons. The summed E-state index contributed by atoms with van der Waals surface area (Å²) in [5.41, 5.74) is 5.63. The van der Waals surface area contributed by atoms with Crippen molar-refractivity contribution >= 4 is 23.0 Å². The van der Waals surface area contributed by atoms with E-state index in [1.807, 2.05) is 36.5 Å². The van der Waals surface area contributed by atoms with Gasteiger partial charge < -0.3 is 15.2 Å². The topological polar surface area (TPSA) is 44.0 Å². The fraction of sp³-hybridized carbons (Fsp3) is 0.200. The Balaban J connectivity index is 1.86. The lowest BCUT2D eigenvalue weighted by atomic mass is 9.96. The second-order valence-electron chi connectivity index (χ2n) is 6.36. The first-order chi connectivity index (χ1) is 12.1. The molecular formula is C20H20N4S. The second-order valence-corrected chi connectivity index (χ2v) is 6.75. The Morgan fingerprint density at radius 2 is 1.80 bits per heavy atom. The van der Waals surface area contributed by atoms with Crippen LogP contribution in [-0.4, -0.2) is 15.1 Å². The Labute approximate surface area is 152 Å². The summed E-state index contributed by atoms with van der Waals surface area (Å²) in [6, 6.07) is 18.6. The Bertz CT molecular complexity index is 889. The van der Waals surface area contributed by atoms with Crippen molar-refractivity contribution in [2.75, 3.05) is 4.90 Å². The first-order valence-corrected chi connectivity index (χ1v) is 8.78. The number of anilines is 1. The van der Waals surface area contributed by atoms with Gasteiger partial charge in [0, 0.05) is 23.3 Å². The third kappa shape index (κ3) is 2.81. The van der Waals surface area contributed by atoms with Crippen LogP contribution in [-0.2, 0) is 0 Å². The molecule has 2 N–H and O–H groups in total. The predicted octanol–water partition coefficient (Wildman–Crippen LogP) is 4.20. The van der Waals surface area contributed by atoms with Crippen molar-refractivity contribution in [3.05, 3.63) is 83.4 Å². The lowest BCUT2D eigenvalue weighted by Crippen LogP contribution is -2.29. The zero-order chi connectivity index (χ0) is 17.4. The second kappa shape index (κ2) is 6.33. The van der Waals surface area contributed by atoms with Crippen LogP contribution < -0.4 is 10.2 Å². The molecule has 1 saturated heterocycles. The van der Waals surface area contributed by atoms with Gasteiger partial charge in [0.25, 0.3) is 0 Å². The van der Waals surface area contributed by atoms with Gasteiger partial charge in [0.1, 0.15) is 0 Å². The van der Waals surface area contributed by atoms with E-state index < -0.39 is 0 Å². The van der Waals surface area contributed by atoms with Crippen molar-refractivity contribution in [2.45, 2.75) is 25.9 Å². The highest BCUT2D eigenvalue weighted by Gasteiger charge is 2.41. The maximum atomic E-state index is 5.70. The lowest BCUT2D eigenvalue weighted by Gasteiger charge is -2.28. The molecule has 3 aromatic rings. The highest BCUT2D eigenvalue weighted by molar-refractivity contribution is 7.80. The van der Waals surface area contributed by atoms with Crippen LogP contribution in [0.2, 0.25) is 0 Å². The summed E-state index contributed by atoms with van der Waals surface area (Å²) < 4.78 is 0. The molecule has 1 aromatic carbocycles. The van der Waals surface area contributed by atoms with Crippen LogP contribution in [0.3, 0.4) is 0 Å². The van der Waals surface area contributed by atoms with Crippen LogP contribution in [0.25, 0.3) is 0 Å². The molecule has 0 spiro atoms. The van der Waals surface area contributed by atoms with Gasteiger partial charge in [-0.05, 0) is 62.0 Å². The number of pyridine rings is 1. The number of nitrogens with zero attached hydrogens (tertiary/aromatic N) is 2. The summed E-state index contributed by atoms with van der Waals surface area (Å²) in [6.07, 6.45) is 1.83. The Morgan fingerprint density at radius 1 is 1.04 bits per heavy atom. The van der Waals surface area contributed by atoms with Crippen molar-refractivity contribution in [1.29, 1.82) is 0 Å². The monoisotopic (exact) mass is 348 g/mol. The van der Waals surface area contributed by atoms with Gasteiger partial charge in [-0.3, -0.25) is 4.98 Å². The molecule has 4 rings (SSSR count). The Kier molecular flexibility index (Phi) is 4.01.